The summed E-state index contributed by atoms with van der Waals surface area (Å²) in [4.78, 5) is 4.67. The van der Waals surface area contributed by atoms with Gasteiger partial charge in [-0.2, -0.15) is 0 Å². The molecule has 0 spiro atoms. The molecule has 0 aliphatic carbocycles. The van der Waals surface area contributed by atoms with Crippen LogP contribution in [0, 0.1) is 0 Å². The highest BCUT2D eigenvalue weighted by Crippen LogP contribution is 2.17. The summed E-state index contributed by atoms with van der Waals surface area (Å²) in [5.41, 5.74) is 7.89. The minimum absolute atomic E-state index is 0.797. The van der Waals surface area contributed by atoms with Gasteiger partial charge in [0, 0.05) is 13.0 Å². The monoisotopic (exact) mass is 231 g/mol. The summed E-state index contributed by atoms with van der Waals surface area (Å²) in [6, 6.07) is 8.38. The van der Waals surface area contributed by atoms with Gasteiger partial charge in [-0.3, -0.25) is 0 Å². The van der Waals surface area contributed by atoms with Gasteiger partial charge in [0.1, 0.15) is 5.82 Å². The lowest BCUT2D eigenvalue weighted by atomic mass is 10.2. The summed E-state index contributed by atoms with van der Waals surface area (Å²) in [7, 11) is 0. The number of para-hydroxylation sites is 2. The van der Waals surface area contributed by atoms with Gasteiger partial charge < -0.3 is 10.3 Å². The lowest BCUT2D eigenvalue weighted by Gasteiger charge is -2.07. The molecule has 0 fully saturated rings. The zero-order chi connectivity index (χ0) is 12.1. The van der Waals surface area contributed by atoms with Crippen LogP contribution in [-0.2, 0) is 13.0 Å². The fourth-order valence-electron chi connectivity index (χ4n) is 2.24. The lowest BCUT2D eigenvalue weighted by molar-refractivity contribution is 0.584. The van der Waals surface area contributed by atoms with E-state index < -0.39 is 0 Å². The second kappa shape index (κ2) is 5.82. The molecule has 2 N–H and O–H groups in total. The molecule has 92 valence electrons. The molecule has 3 heteroatoms. The molecule has 1 aromatic heterocycles. The van der Waals surface area contributed by atoms with Gasteiger partial charge in [0.15, 0.2) is 0 Å². The number of unbranched alkanes of at least 4 members (excludes halogenated alkanes) is 2. The van der Waals surface area contributed by atoms with Gasteiger partial charge in [0.05, 0.1) is 11.0 Å². The fourth-order valence-corrected chi connectivity index (χ4v) is 2.24. The molecule has 17 heavy (non-hydrogen) atoms. The Hall–Kier alpha value is -1.35. The predicted octanol–water partition coefficient (Wildman–Crippen LogP) is 2.73. The third-order valence-electron chi connectivity index (χ3n) is 3.14. The molecule has 0 saturated carbocycles. The first kappa shape index (κ1) is 12.1. The van der Waals surface area contributed by atoms with Gasteiger partial charge in [0.2, 0.25) is 0 Å². The molecule has 1 aromatic carbocycles. The van der Waals surface area contributed by atoms with Crippen molar-refractivity contribution in [2.24, 2.45) is 5.73 Å². The third kappa shape index (κ3) is 2.67. The van der Waals surface area contributed by atoms with E-state index in [2.05, 4.69) is 34.7 Å². The third-order valence-corrected chi connectivity index (χ3v) is 3.14. The van der Waals surface area contributed by atoms with Crippen LogP contribution >= 0.6 is 0 Å². The number of hydrogen-bond donors (Lipinski definition) is 1. The SMILES string of the molecule is CCc1nc2ccccc2n1CCCCCN. The maximum Gasteiger partial charge on any atom is 0.109 e. The van der Waals surface area contributed by atoms with Crippen LogP contribution in [-0.4, -0.2) is 16.1 Å². The van der Waals surface area contributed by atoms with E-state index in [0.717, 1.165) is 31.4 Å². The van der Waals surface area contributed by atoms with E-state index in [9.17, 15) is 0 Å². The number of aryl methyl sites for hydroxylation is 2. The van der Waals surface area contributed by atoms with Gasteiger partial charge in [-0.1, -0.05) is 25.5 Å². The van der Waals surface area contributed by atoms with Crippen molar-refractivity contribution in [3.8, 4) is 0 Å². The second-order valence-corrected chi connectivity index (χ2v) is 4.37. The average Bonchev–Trinajstić information content (AvgIpc) is 2.73. The molecule has 0 aliphatic heterocycles. The predicted molar refractivity (Wildman–Crippen MR) is 72.0 cm³/mol. The molecule has 0 unspecified atom stereocenters. The van der Waals surface area contributed by atoms with E-state index in [-0.39, 0.29) is 0 Å². The van der Waals surface area contributed by atoms with Crippen LogP contribution in [0.25, 0.3) is 11.0 Å². The van der Waals surface area contributed by atoms with E-state index in [0.29, 0.717) is 0 Å². The molecule has 0 amide bonds. The topological polar surface area (TPSA) is 43.8 Å². The Labute approximate surface area is 103 Å². The molecular formula is C14H21N3. The zero-order valence-corrected chi connectivity index (χ0v) is 10.5. The summed E-state index contributed by atoms with van der Waals surface area (Å²) < 4.78 is 2.35. The van der Waals surface area contributed by atoms with Crippen molar-refractivity contribution in [1.29, 1.82) is 0 Å². The summed E-state index contributed by atoms with van der Waals surface area (Å²) >= 11 is 0. The zero-order valence-electron chi connectivity index (χ0n) is 10.5. The Kier molecular flexibility index (Phi) is 4.15. The van der Waals surface area contributed by atoms with Crippen molar-refractivity contribution in [3.05, 3.63) is 30.1 Å². The standard InChI is InChI=1S/C14H21N3/c1-2-14-16-12-8-4-5-9-13(12)17(14)11-7-3-6-10-15/h4-5,8-9H,2-3,6-7,10-11,15H2,1H3. The molecule has 0 aliphatic rings. The maximum atomic E-state index is 5.52. The molecule has 3 nitrogen and oxygen atoms in total. The minimum atomic E-state index is 0.797. The van der Waals surface area contributed by atoms with Crippen LogP contribution in [0.4, 0.5) is 0 Å². The molecule has 1 heterocycles. The number of benzene rings is 1. The lowest BCUT2D eigenvalue weighted by Crippen LogP contribution is -2.04. The van der Waals surface area contributed by atoms with Gasteiger partial charge in [0.25, 0.3) is 0 Å². The Morgan fingerprint density at radius 3 is 2.76 bits per heavy atom. The quantitative estimate of drug-likeness (QED) is 0.777. The molecule has 0 radical (unpaired) electrons. The molecule has 0 saturated heterocycles. The number of hydrogen-bond acceptors (Lipinski definition) is 2. The first-order chi connectivity index (χ1) is 8.36. The van der Waals surface area contributed by atoms with Gasteiger partial charge in [-0.05, 0) is 31.5 Å². The number of nitrogens with two attached hydrogens (primary N) is 1. The van der Waals surface area contributed by atoms with Gasteiger partial charge in [-0.25, -0.2) is 4.98 Å². The Morgan fingerprint density at radius 1 is 1.18 bits per heavy atom. The van der Waals surface area contributed by atoms with Crippen molar-refractivity contribution in [3.63, 3.8) is 0 Å². The molecule has 0 bridgehead atoms. The van der Waals surface area contributed by atoms with Crippen molar-refractivity contribution in [2.45, 2.75) is 39.2 Å². The molecule has 2 aromatic rings. The summed E-state index contributed by atoms with van der Waals surface area (Å²) in [6.07, 6.45) is 4.50. The van der Waals surface area contributed by atoms with Crippen molar-refractivity contribution in [2.75, 3.05) is 6.54 Å². The van der Waals surface area contributed by atoms with Crippen LogP contribution < -0.4 is 5.73 Å². The highest BCUT2D eigenvalue weighted by atomic mass is 15.1. The number of nitrogens with zero attached hydrogens (tertiary/aromatic N) is 2. The molecule has 2 rings (SSSR count). The fraction of sp³-hybridized carbons (Fsp3) is 0.500. The van der Waals surface area contributed by atoms with E-state index >= 15 is 0 Å². The summed E-state index contributed by atoms with van der Waals surface area (Å²) in [5, 5.41) is 0. The number of imidazole rings is 1. The van der Waals surface area contributed by atoms with E-state index in [1.54, 1.807) is 0 Å². The Morgan fingerprint density at radius 2 is 2.00 bits per heavy atom. The van der Waals surface area contributed by atoms with Crippen LogP contribution in [0.15, 0.2) is 24.3 Å². The van der Waals surface area contributed by atoms with Crippen molar-refractivity contribution >= 4 is 11.0 Å². The molecule has 0 atom stereocenters. The van der Waals surface area contributed by atoms with E-state index in [1.165, 1.54) is 24.2 Å². The van der Waals surface area contributed by atoms with Crippen LogP contribution in [0.2, 0.25) is 0 Å². The average molecular weight is 231 g/mol. The van der Waals surface area contributed by atoms with Gasteiger partial charge in [-0.15, -0.1) is 0 Å². The summed E-state index contributed by atoms with van der Waals surface area (Å²) in [5.74, 6) is 1.19. The molecular weight excluding hydrogens is 210 g/mol. The van der Waals surface area contributed by atoms with Crippen LogP contribution in [0.3, 0.4) is 0 Å². The van der Waals surface area contributed by atoms with Crippen molar-refractivity contribution in [1.82, 2.24) is 9.55 Å². The first-order valence-corrected chi connectivity index (χ1v) is 6.51. The minimum Gasteiger partial charge on any atom is -0.330 e. The smallest absolute Gasteiger partial charge is 0.109 e. The van der Waals surface area contributed by atoms with Crippen molar-refractivity contribution < 1.29 is 0 Å². The summed E-state index contributed by atoms with van der Waals surface area (Å²) in [6.45, 7) is 4.02. The van der Waals surface area contributed by atoms with Crippen LogP contribution in [0.1, 0.15) is 32.0 Å². The number of aromatic nitrogens is 2. The number of rotatable bonds is 6. The van der Waals surface area contributed by atoms with Gasteiger partial charge >= 0.3 is 0 Å². The van der Waals surface area contributed by atoms with Crippen LogP contribution in [0.5, 0.6) is 0 Å². The Bertz CT molecular complexity index is 473. The normalized spacial score (nSPS) is 11.2. The second-order valence-electron chi connectivity index (χ2n) is 4.37. The first-order valence-electron chi connectivity index (χ1n) is 6.51. The Balaban J connectivity index is 2.18. The van der Waals surface area contributed by atoms with E-state index in [1.807, 2.05) is 6.07 Å². The highest BCUT2D eigenvalue weighted by molar-refractivity contribution is 5.75. The maximum absolute atomic E-state index is 5.52. The largest absolute Gasteiger partial charge is 0.330 e. The van der Waals surface area contributed by atoms with E-state index in [4.69, 9.17) is 5.73 Å². The number of fused-ring (bicyclic) bond motifs is 1. The highest BCUT2D eigenvalue weighted by Gasteiger charge is 2.07.